The Morgan fingerprint density at radius 3 is 3.06 bits per heavy atom. The number of hydrogen-bond acceptors (Lipinski definition) is 3. The zero-order valence-electron chi connectivity index (χ0n) is 9.86. The summed E-state index contributed by atoms with van der Waals surface area (Å²) in [6, 6.07) is 6.45. The molecule has 1 heterocycles. The molecule has 1 fully saturated rings. The maximum absolute atomic E-state index is 4.35. The number of aromatic nitrogens is 1. The molecule has 0 saturated heterocycles. The summed E-state index contributed by atoms with van der Waals surface area (Å²) in [7, 11) is 0. The summed E-state index contributed by atoms with van der Waals surface area (Å²) in [5.41, 5.74) is 1.13. The highest BCUT2D eigenvalue weighted by Gasteiger charge is 2.20. The first-order valence-corrected chi connectivity index (χ1v) is 7.24. The fourth-order valence-corrected chi connectivity index (χ4v) is 2.71. The van der Waals surface area contributed by atoms with Crippen LogP contribution in [0.3, 0.4) is 0 Å². The molecule has 1 aliphatic carbocycles. The van der Waals surface area contributed by atoms with Gasteiger partial charge in [0, 0.05) is 24.5 Å². The normalized spacial score (nSPS) is 17.3. The van der Waals surface area contributed by atoms with E-state index < -0.39 is 0 Å². The first-order valence-electron chi connectivity index (χ1n) is 6.08. The van der Waals surface area contributed by atoms with Gasteiger partial charge in [-0.1, -0.05) is 6.07 Å². The monoisotopic (exact) mass is 236 g/mol. The summed E-state index contributed by atoms with van der Waals surface area (Å²) in [6.07, 6.45) is 4.78. The Morgan fingerprint density at radius 1 is 1.50 bits per heavy atom. The molecule has 1 unspecified atom stereocenters. The fraction of sp³-hybridized carbons (Fsp3) is 0.615. The van der Waals surface area contributed by atoms with Crippen molar-refractivity contribution in [3.63, 3.8) is 0 Å². The van der Waals surface area contributed by atoms with Crippen LogP contribution in [0.25, 0.3) is 0 Å². The molecule has 0 aromatic carbocycles. The molecule has 0 radical (unpaired) electrons. The van der Waals surface area contributed by atoms with Gasteiger partial charge in [0.05, 0.1) is 5.69 Å². The van der Waals surface area contributed by atoms with E-state index in [0.29, 0.717) is 6.04 Å². The Balaban J connectivity index is 1.58. The summed E-state index contributed by atoms with van der Waals surface area (Å²) in [4.78, 5) is 4.35. The van der Waals surface area contributed by atoms with Gasteiger partial charge >= 0.3 is 0 Å². The van der Waals surface area contributed by atoms with Crippen LogP contribution in [0.1, 0.15) is 31.5 Å². The second-order valence-corrected chi connectivity index (χ2v) is 5.60. The SMILES string of the molecule is CC(NCCSCC1CC1)c1ccccn1. The van der Waals surface area contributed by atoms with Gasteiger partial charge in [-0.05, 0) is 43.6 Å². The Kier molecular flexibility index (Phi) is 4.67. The van der Waals surface area contributed by atoms with E-state index in [9.17, 15) is 0 Å². The predicted molar refractivity (Wildman–Crippen MR) is 70.7 cm³/mol. The quantitative estimate of drug-likeness (QED) is 0.737. The zero-order valence-corrected chi connectivity index (χ0v) is 10.7. The van der Waals surface area contributed by atoms with Crippen LogP contribution in [0.2, 0.25) is 0 Å². The van der Waals surface area contributed by atoms with Crippen LogP contribution < -0.4 is 5.32 Å². The van der Waals surface area contributed by atoms with Gasteiger partial charge in [0.2, 0.25) is 0 Å². The first-order chi connectivity index (χ1) is 7.86. The van der Waals surface area contributed by atoms with Crippen LogP contribution in [0.15, 0.2) is 24.4 Å². The van der Waals surface area contributed by atoms with Crippen molar-refractivity contribution in [3.8, 4) is 0 Å². The lowest BCUT2D eigenvalue weighted by Crippen LogP contribution is -2.22. The van der Waals surface area contributed by atoms with Crippen LogP contribution >= 0.6 is 11.8 Å². The van der Waals surface area contributed by atoms with Crippen molar-refractivity contribution in [2.24, 2.45) is 5.92 Å². The third-order valence-electron chi connectivity index (χ3n) is 2.88. The first kappa shape index (κ1) is 11.9. The molecule has 1 saturated carbocycles. The molecule has 0 spiro atoms. The summed E-state index contributed by atoms with van der Waals surface area (Å²) < 4.78 is 0. The highest BCUT2D eigenvalue weighted by Crippen LogP contribution is 2.32. The number of pyridine rings is 1. The van der Waals surface area contributed by atoms with E-state index in [1.54, 1.807) is 0 Å². The average Bonchev–Trinajstić information content (AvgIpc) is 3.13. The third-order valence-corrected chi connectivity index (χ3v) is 4.08. The highest BCUT2D eigenvalue weighted by molar-refractivity contribution is 7.99. The van der Waals surface area contributed by atoms with Gasteiger partial charge in [0.15, 0.2) is 0 Å². The molecule has 2 nitrogen and oxygen atoms in total. The third kappa shape index (κ3) is 4.14. The molecule has 0 amide bonds. The highest BCUT2D eigenvalue weighted by atomic mass is 32.2. The number of rotatable bonds is 7. The molecule has 3 heteroatoms. The summed E-state index contributed by atoms with van der Waals surface area (Å²) >= 11 is 2.08. The van der Waals surface area contributed by atoms with Gasteiger partial charge in [0.25, 0.3) is 0 Å². The molecule has 1 N–H and O–H groups in total. The smallest absolute Gasteiger partial charge is 0.0570 e. The Morgan fingerprint density at radius 2 is 2.38 bits per heavy atom. The Hall–Kier alpha value is -0.540. The minimum atomic E-state index is 0.364. The van der Waals surface area contributed by atoms with E-state index in [1.807, 2.05) is 18.3 Å². The van der Waals surface area contributed by atoms with E-state index in [-0.39, 0.29) is 0 Å². The average molecular weight is 236 g/mol. The fourth-order valence-electron chi connectivity index (χ4n) is 1.62. The van der Waals surface area contributed by atoms with Crippen molar-refractivity contribution in [3.05, 3.63) is 30.1 Å². The predicted octanol–water partition coefficient (Wildman–Crippen LogP) is 2.88. The summed E-state index contributed by atoms with van der Waals surface area (Å²) in [5.74, 6) is 3.62. The van der Waals surface area contributed by atoms with Crippen LogP contribution in [-0.4, -0.2) is 23.0 Å². The van der Waals surface area contributed by atoms with Gasteiger partial charge < -0.3 is 5.32 Å². The summed E-state index contributed by atoms with van der Waals surface area (Å²) in [6.45, 7) is 3.25. The molecule has 1 atom stereocenters. The lowest BCUT2D eigenvalue weighted by Gasteiger charge is -2.12. The molecule has 0 aliphatic heterocycles. The van der Waals surface area contributed by atoms with Gasteiger partial charge in [0.1, 0.15) is 0 Å². The molecule has 1 aliphatic rings. The largest absolute Gasteiger partial charge is 0.308 e. The Bertz CT molecular complexity index is 298. The standard InChI is InChI=1S/C13H20N2S/c1-11(13-4-2-3-7-15-13)14-8-9-16-10-12-5-6-12/h2-4,7,11-12,14H,5-6,8-10H2,1H3. The summed E-state index contributed by atoms with van der Waals surface area (Å²) in [5, 5.41) is 3.51. The minimum absolute atomic E-state index is 0.364. The van der Waals surface area contributed by atoms with E-state index in [4.69, 9.17) is 0 Å². The van der Waals surface area contributed by atoms with Crippen molar-refractivity contribution < 1.29 is 0 Å². The van der Waals surface area contributed by atoms with Crippen molar-refractivity contribution in [1.82, 2.24) is 10.3 Å². The second kappa shape index (κ2) is 6.26. The van der Waals surface area contributed by atoms with Crippen molar-refractivity contribution in [2.75, 3.05) is 18.1 Å². The van der Waals surface area contributed by atoms with Gasteiger partial charge in [-0.15, -0.1) is 0 Å². The molecular weight excluding hydrogens is 216 g/mol. The van der Waals surface area contributed by atoms with E-state index in [0.717, 1.165) is 18.2 Å². The number of nitrogens with one attached hydrogen (secondary N) is 1. The van der Waals surface area contributed by atoms with Crippen molar-refractivity contribution >= 4 is 11.8 Å². The number of hydrogen-bond donors (Lipinski definition) is 1. The minimum Gasteiger partial charge on any atom is -0.308 e. The van der Waals surface area contributed by atoms with Crippen LogP contribution in [0, 0.1) is 5.92 Å². The van der Waals surface area contributed by atoms with Crippen molar-refractivity contribution in [2.45, 2.75) is 25.8 Å². The number of thioether (sulfide) groups is 1. The van der Waals surface area contributed by atoms with E-state index in [1.165, 1.54) is 24.3 Å². The van der Waals surface area contributed by atoms with Crippen LogP contribution in [0.5, 0.6) is 0 Å². The van der Waals surface area contributed by atoms with E-state index >= 15 is 0 Å². The maximum atomic E-state index is 4.35. The van der Waals surface area contributed by atoms with Crippen LogP contribution in [-0.2, 0) is 0 Å². The lowest BCUT2D eigenvalue weighted by atomic mass is 10.2. The Labute approximate surface area is 102 Å². The van der Waals surface area contributed by atoms with E-state index in [2.05, 4.69) is 35.1 Å². The maximum Gasteiger partial charge on any atom is 0.0570 e. The molecule has 1 aromatic rings. The second-order valence-electron chi connectivity index (χ2n) is 4.45. The van der Waals surface area contributed by atoms with Crippen molar-refractivity contribution in [1.29, 1.82) is 0 Å². The molecule has 1 aromatic heterocycles. The topological polar surface area (TPSA) is 24.9 Å². The zero-order chi connectivity index (χ0) is 11.2. The van der Waals surface area contributed by atoms with Gasteiger partial charge in [-0.2, -0.15) is 11.8 Å². The molecule has 2 rings (SSSR count). The van der Waals surface area contributed by atoms with Gasteiger partial charge in [-0.3, -0.25) is 4.98 Å². The lowest BCUT2D eigenvalue weighted by molar-refractivity contribution is 0.586. The molecular formula is C13H20N2S. The van der Waals surface area contributed by atoms with Crippen LogP contribution in [0.4, 0.5) is 0 Å². The van der Waals surface area contributed by atoms with Gasteiger partial charge in [-0.25, -0.2) is 0 Å². The molecule has 0 bridgehead atoms. The molecule has 88 valence electrons. The number of nitrogens with zero attached hydrogens (tertiary/aromatic N) is 1. The molecule has 16 heavy (non-hydrogen) atoms.